The van der Waals surface area contributed by atoms with Gasteiger partial charge in [-0.15, -0.1) is 0 Å². The van der Waals surface area contributed by atoms with Gasteiger partial charge in [-0.25, -0.2) is 14.2 Å². The lowest BCUT2D eigenvalue weighted by Gasteiger charge is -2.26. The van der Waals surface area contributed by atoms with E-state index in [0.29, 0.717) is 55.6 Å². The Morgan fingerprint density at radius 2 is 1.80 bits per heavy atom. The molecule has 2 heterocycles. The molecule has 4 aromatic rings. The summed E-state index contributed by atoms with van der Waals surface area (Å²) in [5.41, 5.74) is 2.52. The first-order valence-corrected chi connectivity index (χ1v) is 15.6. The maximum atomic E-state index is 14.1. The fourth-order valence-electron chi connectivity index (χ4n) is 5.09. The summed E-state index contributed by atoms with van der Waals surface area (Å²) < 4.78 is 38.9. The number of para-hydroxylation sites is 1. The van der Waals surface area contributed by atoms with Crippen molar-refractivity contribution >= 4 is 23.4 Å². The average Bonchev–Trinajstić information content (AvgIpc) is 3.30. The Hall–Kier alpha value is -4.70. The first-order chi connectivity index (χ1) is 21.7. The van der Waals surface area contributed by atoms with E-state index in [2.05, 4.69) is 4.99 Å². The van der Waals surface area contributed by atoms with Crippen LogP contribution in [0.15, 0.2) is 87.8 Å². The minimum absolute atomic E-state index is 0.126. The molecule has 10 heteroatoms. The zero-order valence-electron chi connectivity index (χ0n) is 25.8. The van der Waals surface area contributed by atoms with Gasteiger partial charge in [-0.05, 0) is 82.2 Å². The fourth-order valence-corrected chi connectivity index (χ4v) is 6.14. The fraction of sp³-hybridized carbons (Fsp3) is 0.286. The van der Waals surface area contributed by atoms with Gasteiger partial charge < -0.3 is 18.9 Å². The quantitative estimate of drug-likeness (QED) is 0.198. The second-order valence-corrected chi connectivity index (χ2v) is 11.6. The van der Waals surface area contributed by atoms with Crippen molar-refractivity contribution in [2.24, 2.45) is 4.99 Å². The van der Waals surface area contributed by atoms with Crippen LogP contribution in [0.2, 0.25) is 0 Å². The standard InChI is InChI=1S/C35H35FN2O6S/c1-6-41-29-18-23(15-16-28(29)43-20-24-11-10-12-25(36)17-24)19-30-33(39)38-32(26-13-8-9-14-27(26)44-21(3)4)31(34(40)42-7-2)22(5)37-35(38)45-30/h8-19,21,32H,6-7,20H2,1-5H3/b30-19+/t32-/m0/s1. The predicted molar refractivity (Wildman–Crippen MR) is 171 cm³/mol. The number of hydrogen-bond donors (Lipinski definition) is 0. The normalized spacial score (nSPS) is 14.6. The number of carbonyl (C=O) groups is 1. The van der Waals surface area contributed by atoms with Gasteiger partial charge in [0.1, 0.15) is 24.2 Å². The average molecular weight is 631 g/mol. The van der Waals surface area contributed by atoms with Crippen molar-refractivity contribution in [2.75, 3.05) is 13.2 Å². The highest BCUT2D eigenvalue weighted by atomic mass is 32.1. The molecule has 45 heavy (non-hydrogen) atoms. The molecular formula is C35H35FN2O6S. The maximum absolute atomic E-state index is 14.1. The number of rotatable bonds is 11. The minimum atomic E-state index is -0.796. The molecule has 5 rings (SSSR count). The SMILES string of the molecule is CCOC(=O)C1=C(C)N=c2s/c(=C/c3ccc(OCc4cccc(F)c4)c(OCC)c3)c(=O)n2[C@H]1c1ccccc1OC(C)C. The third-order valence-electron chi connectivity index (χ3n) is 6.94. The smallest absolute Gasteiger partial charge is 0.338 e. The van der Waals surface area contributed by atoms with Crippen molar-refractivity contribution in [3.8, 4) is 17.2 Å². The number of ether oxygens (including phenoxy) is 4. The van der Waals surface area contributed by atoms with Crippen LogP contribution in [0.1, 0.15) is 57.4 Å². The van der Waals surface area contributed by atoms with Gasteiger partial charge in [-0.3, -0.25) is 9.36 Å². The Bertz CT molecular complexity index is 1930. The van der Waals surface area contributed by atoms with Gasteiger partial charge in [0.25, 0.3) is 5.56 Å². The molecule has 0 N–H and O–H groups in total. The summed E-state index contributed by atoms with van der Waals surface area (Å²) in [4.78, 5) is 32.5. The van der Waals surface area contributed by atoms with Crippen LogP contribution in [0.4, 0.5) is 4.39 Å². The maximum Gasteiger partial charge on any atom is 0.338 e. The topological polar surface area (TPSA) is 88.4 Å². The molecule has 1 atom stereocenters. The molecule has 0 bridgehead atoms. The van der Waals surface area contributed by atoms with E-state index in [1.807, 2.05) is 51.1 Å². The molecule has 1 aliphatic rings. The lowest BCUT2D eigenvalue weighted by molar-refractivity contribution is -0.139. The van der Waals surface area contributed by atoms with Gasteiger partial charge in [0.05, 0.1) is 35.1 Å². The summed E-state index contributed by atoms with van der Waals surface area (Å²) in [6.45, 7) is 9.94. The molecule has 234 valence electrons. The summed E-state index contributed by atoms with van der Waals surface area (Å²) in [5.74, 6) is 0.691. The molecule has 0 unspecified atom stereocenters. The molecule has 1 aliphatic heterocycles. The number of hydrogen-bond acceptors (Lipinski definition) is 8. The summed E-state index contributed by atoms with van der Waals surface area (Å²) in [6, 6.07) is 18.2. The van der Waals surface area contributed by atoms with Gasteiger partial charge in [-0.1, -0.05) is 47.7 Å². The summed E-state index contributed by atoms with van der Waals surface area (Å²) in [5, 5.41) is 0. The van der Waals surface area contributed by atoms with E-state index in [4.69, 9.17) is 18.9 Å². The lowest BCUT2D eigenvalue weighted by atomic mass is 9.95. The number of carbonyl (C=O) groups excluding carboxylic acids is 1. The zero-order valence-corrected chi connectivity index (χ0v) is 26.7. The second kappa shape index (κ2) is 13.9. The number of nitrogens with zero attached hydrogens (tertiary/aromatic N) is 2. The number of allylic oxidation sites excluding steroid dienone is 1. The Balaban J connectivity index is 1.58. The largest absolute Gasteiger partial charge is 0.491 e. The highest BCUT2D eigenvalue weighted by Gasteiger charge is 2.35. The van der Waals surface area contributed by atoms with E-state index < -0.39 is 12.0 Å². The van der Waals surface area contributed by atoms with Crippen LogP contribution in [-0.2, 0) is 16.1 Å². The number of halogens is 1. The van der Waals surface area contributed by atoms with Crippen LogP contribution in [-0.4, -0.2) is 29.9 Å². The highest BCUT2D eigenvalue weighted by molar-refractivity contribution is 7.07. The Morgan fingerprint density at radius 3 is 2.53 bits per heavy atom. The number of benzene rings is 3. The van der Waals surface area contributed by atoms with Crippen LogP contribution < -0.4 is 29.1 Å². The van der Waals surface area contributed by atoms with Crippen LogP contribution in [0, 0.1) is 5.82 Å². The first kappa shape index (κ1) is 31.7. The van der Waals surface area contributed by atoms with Gasteiger partial charge in [0, 0.05) is 5.56 Å². The second-order valence-electron chi connectivity index (χ2n) is 10.6. The van der Waals surface area contributed by atoms with Gasteiger partial charge >= 0.3 is 5.97 Å². The van der Waals surface area contributed by atoms with Gasteiger partial charge in [0.15, 0.2) is 16.3 Å². The van der Waals surface area contributed by atoms with Crippen LogP contribution in [0.3, 0.4) is 0 Å². The molecule has 0 fully saturated rings. The van der Waals surface area contributed by atoms with E-state index in [0.717, 1.165) is 0 Å². The van der Waals surface area contributed by atoms with E-state index in [-0.39, 0.29) is 36.3 Å². The Morgan fingerprint density at radius 1 is 1.00 bits per heavy atom. The van der Waals surface area contributed by atoms with Crippen molar-refractivity contribution in [3.63, 3.8) is 0 Å². The first-order valence-electron chi connectivity index (χ1n) is 14.8. The predicted octanol–water partition coefficient (Wildman–Crippen LogP) is 5.70. The lowest BCUT2D eigenvalue weighted by Crippen LogP contribution is -2.40. The van der Waals surface area contributed by atoms with Crippen molar-refractivity contribution in [2.45, 2.75) is 53.4 Å². The van der Waals surface area contributed by atoms with E-state index in [9.17, 15) is 14.0 Å². The monoisotopic (exact) mass is 630 g/mol. The van der Waals surface area contributed by atoms with Crippen LogP contribution in [0.25, 0.3) is 6.08 Å². The van der Waals surface area contributed by atoms with E-state index >= 15 is 0 Å². The molecule has 0 aliphatic carbocycles. The third-order valence-corrected chi connectivity index (χ3v) is 7.92. The minimum Gasteiger partial charge on any atom is -0.491 e. The molecule has 1 aromatic heterocycles. The summed E-state index contributed by atoms with van der Waals surface area (Å²) >= 11 is 1.23. The molecule has 0 saturated carbocycles. The van der Waals surface area contributed by atoms with Crippen molar-refractivity contribution < 1.29 is 28.1 Å². The van der Waals surface area contributed by atoms with Gasteiger partial charge in [0.2, 0.25) is 0 Å². The van der Waals surface area contributed by atoms with Crippen molar-refractivity contribution in [1.29, 1.82) is 0 Å². The molecular weight excluding hydrogens is 595 g/mol. The van der Waals surface area contributed by atoms with Crippen LogP contribution in [0.5, 0.6) is 17.2 Å². The number of aromatic nitrogens is 1. The van der Waals surface area contributed by atoms with Gasteiger partial charge in [-0.2, -0.15) is 0 Å². The molecule has 0 amide bonds. The zero-order chi connectivity index (χ0) is 32.1. The molecule has 0 spiro atoms. The molecule has 0 radical (unpaired) electrons. The summed E-state index contributed by atoms with van der Waals surface area (Å²) in [7, 11) is 0. The van der Waals surface area contributed by atoms with Crippen LogP contribution >= 0.6 is 11.3 Å². The van der Waals surface area contributed by atoms with E-state index in [1.165, 1.54) is 28.0 Å². The summed E-state index contributed by atoms with van der Waals surface area (Å²) in [6.07, 6.45) is 1.64. The number of thiazole rings is 1. The highest BCUT2D eigenvalue weighted by Crippen LogP contribution is 2.36. The molecule has 8 nitrogen and oxygen atoms in total. The van der Waals surface area contributed by atoms with Crippen molar-refractivity contribution in [3.05, 3.63) is 120 Å². The molecule has 0 saturated heterocycles. The third kappa shape index (κ3) is 7.01. The Kier molecular flexibility index (Phi) is 9.83. The number of esters is 1. The molecule has 3 aromatic carbocycles. The Labute approximate surface area is 264 Å². The van der Waals surface area contributed by atoms with Crippen molar-refractivity contribution in [1.82, 2.24) is 4.57 Å². The van der Waals surface area contributed by atoms with E-state index in [1.54, 1.807) is 44.2 Å². The number of fused-ring (bicyclic) bond motifs is 1.